The smallest absolute Gasteiger partial charge is 0.254 e. The van der Waals surface area contributed by atoms with Gasteiger partial charge >= 0.3 is 0 Å². The van der Waals surface area contributed by atoms with E-state index in [0.29, 0.717) is 18.5 Å². The molecule has 2 N–H and O–H groups in total. The van der Waals surface area contributed by atoms with E-state index in [1.54, 1.807) is 0 Å². The van der Waals surface area contributed by atoms with Crippen molar-refractivity contribution in [3.05, 3.63) is 35.4 Å². The minimum absolute atomic E-state index is 0.123. The molecule has 0 spiro atoms. The van der Waals surface area contributed by atoms with Crippen molar-refractivity contribution >= 4 is 5.91 Å². The maximum atomic E-state index is 12.6. The van der Waals surface area contributed by atoms with Crippen molar-refractivity contribution in [2.75, 3.05) is 13.1 Å². The lowest BCUT2D eigenvalue weighted by Crippen LogP contribution is -2.38. The Bertz CT molecular complexity index is 539. The van der Waals surface area contributed by atoms with Crippen LogP contribution in [0.3, 0.4) is 0 Å². The molecule has 0 aromatic heterocycles. The molecule has 0 bridgehead atoms. The predicted octanol–water partition coefficient (Wildman–Crippen LogP) is 2.26. The molecule has 0 saturated carbocycles. The Morgan fingerprint density at radius 1 is 1.50 bits per heavy atom. The van der Waals surface area contributed by atoms with Crippen LogP contribution in [0.4, 0.5) is 0 Å². The van der Waals surface area contributed by atoms with Gasteiger partial charge in [0.05, 0.1) is 6.54 Å². The van der Waals surface area contributed by atoms with Gasteiger partial charge in [-0.3, -0.25) is 4.79 Å². The molecule has 20 heavy (non-hydrogen) atoms. The SMILES string of the molecule is CC(C)C1CCCN1C(=O)c1cccc(C#CCN)c1. The van der Waals surface area contributed by atoms with Gasteiger partial charge in [-0.05, 0) is 37.0 Å². The third kappa shape index (κ3) is 3.20. The predicted molar refractivity (Wildman–Crippen MR) is 81.3 cm³/mol. The van der Waals surface area contributed by atoms with Crippen LogP contribution in [0.25, 0.3) is 0 Å². The van der Waals surface area contributed by atoms with Gasteiger partial charge in [-0.1, -0.05) is 31.8 Å². The fourth-order valence-corrected chi connectivity index (χ4v) is 2.79. The summed E-state index contributed by atoms with van der Waals surface area (Å²) in [5, 5.41) is 0. The van der Waals surface area contributed by atoms with Gasteiger partial charge in [0, 0.05) is 23.7 Å². The number of benzene rings is 1. The van der Waals surface area contributed by atoms with Crippen molar-refractivity contribution in [1.82, 2.24) is 4.90 Å². The molecular weight excluding hydrogens is 248 g/mol. The summed E-state index contributed by atoms with van der Waals surface area (Å²) in [6, 6.07) is 7.88. The Balaban J connectivity index is 2.20. The summed E-state index contributed by atoms with van der Waals surface area (Å²) >= 11 is 0. The molecule has 1 aliphatic heterocycles. The van der Waals surface area contributed by atoms with Gasteiger partial charge in [0.2, 0.25) is 0 Å². The van der Waals surface area contributed by atoms with Gasteiger partial charge in [-0.25, -0.2) is 0 Å². The second kappa shape index (κ2) is 6.58. The molecule has 2 rings (SSSR count). The van der Waals surface area contributed by atoms with Crippen LogP contribution in [0.2, 0.25) is 0 Å². The first-order valence-corrected chi connectivity index (χ1v) is 7.23. The van der Waals surface area contributed by atoms with E-state index in [1.165, 1.54) is 0 Å². The molecule has 1 saturated heterocycles. The van der Waals surface area contributed by atoms with Gasteiger partial charge in [0.15, 0.2) is 0 Å². The first-order valence-electron chi connectivity index (χ1n) is 7.23. The summed E-state index contributed by atoms with van der Waals surface area (Å²) < 4.78 is 0. The molecule has 3 nitrogen and oxygen atoms in total. The third-order valence-corrected chi connectivity index (χ3v) is 3.77. The molecule has 3 heteroatoms. The molecule has 106 valence electrons. The van der Waals surface area contributed by atoms with E-state index in [4.69, 9.17) is 5.73 Å². The average molecular weight is 270 g/mol. The Morgan fingerprint density at radius 3 is 3.00 bits per heavy atom. The molecule has 0 radical (unpaired) electrons. The lowest BCUT2D eigenvalue weighted by molar-refractivity contribution is 0.0701. The highest BCUT2D eigenvalue weighted by molar-refractivity contribution is 5.95. The normalized spacial score (nSPS) is 18.0. The molecule has 1 heterocycles. The van der Waals surface area contributed by atoms with E-state index in [1.807, 2.05) is 29.2 Å². The molecule has 1 unspecified atom stereocenters. The summed E-state index contributed by atoms with van der Waals surface area (Å²) in [7, 11) is 0. The van der Waals surface area contributed by atoms with E-state index >= 15 is 0 Å². The number of carbonyl (C=O) groups is 1. The first kappa shape index (κ1) is 14.6. The molecule has 1 aromatic rings. The van der Waals surface area contributed by atoms with Crippen LogP contribution < -0.4 is 5.73 Å². The zero-order valence-corrected chi connectivity index (χ0v) is 12.2. The number of nitrogens with two attached hydrogens (primary N) is 1. The van der Waals surface area contributed by atoms with E-state index < -0.39 is 0 Å². The highest BCUT2D eigenvalue weighted by Crippen LogP contribution is 2.25. The fraction of sp³-hybridized carbons (Fsp3) is 0.471. The first-order chi connectivity index (χ1) is 9.63. The van der Waals surface area contributed by atoms with Crippen molar-refractivity contribution in [3.63, 3.8) is 0 Å². The number of amides is 1. The zero-order chi connectivity index (χ0) is 14.5. The van der Waals surface area contributed by atoms with Crippen LogP contribution in [0.1, 0.15) is 42.6 Å². The number of hydrogen-bond donors (Lipinski definition) is 1. The van der Waals surface area contributed by atoms with E-state index in [2.05, 4.69) is 25.7 Å². The van der Waals surface area contributed by atoms with E-state index in [0.717, 1.165) is 30.5 Å². The van der Waals surface area contributed by atoms with E-state index in [-0.39, 0.29) is 5.91 Å². The molecule has 1 fully saturated rings. The van der Waals surface area contributed by atoms with Crippen molar-refractivity contribution in [2.45, 2.75) is 32.7 Å². The third-order valence-electron chi connectivity index (χ3n) is 3.77. The van der Waals surface area contributed by atoms with Gasteiger partial charge in [0.1, 0.15) is 0 Å². The highest BCUT2D eigenvalue weighted by Gasteiger charge is 2.31. The number of nitrogens with zero attached hydrogens (tertiary/aromatic N) is 1. The second-order valence-electron chi connectivity index (χ2n) is 5.54. The average Bonchev–Trinajstić information content (AvgIpc) is 2.94. The van der Waals surface area contributed by atoms with Crippen molar-refractivity contribution in [1.29, 1.82) is 0 Å². The Morgan fingerprint density at radius 2 is 2.30 bits per heavy atom. The molecule has 1 aliphatic rings. The van der Waals surface area contributed by atoms with Gasteiger partial charge in [-0.15, -0.1) is 0 Å². The summed E-state index contributed by atoms with van der Waals surface area (Å²) in [6.45, 7) is 5.55. The van der Waals surface area contributed by atoms with Crippen LogP contribution in [-0.4, -0.2) is 29.9 Å². The molecule has 1 amide bonds. The number of hydrogen-bond acceptors (Lipinski definition) is 2. The van der Waals surface area contributed by atoms with Crippen LogP contribution in [0, 0.1) is 17.8 Å². The molecule has 1 atom stereocenters. The summed E-state index contributed by atoms with van der Waals surface area (Å²) in [4.78, 5) is 14.7. The van der Waals surface area contributed by atoms with Crippen LogP contribution in [0.15, 0.2) is 24.3 Å². The topological polar surface area (TPSA) is 46.3 Å². The fourth-order valence-electron chi connectivity index (χ4n) is 2.79. The Hall–Kier alpha value is -1.79. The maximum Gasteiger partial charge on any atom is 0.254 e. The lowest BCUT2D eigenvalue weighted by atomic mass is 10.0. The minimum atomic E-state index is 0.123. The summed E-state index contributed by atoms with van der Waals surface area (Å²) in [5.74, 6) is 6.42. The number of likely N-dealkylation sites (tertiary alicyclic amines) is 1. The van der Waals surface area contributed by atoms with Crippen LogP contribution >= 0.6 is 0 Å². The largest absolute Gasteiger partial charge is 0.335 e. The molecular formula is C17H22N2O. The maximum absolute atomic E-state index is 12.6. The van der Waals surface area contributed by atoms with Crippen molar-refractivity contribution in [3.8, 4) is 11.8 Å². The standard InChI is InChI=1S/C17H22N2O/c1-13(2)16-9-5-11-19(16)17(20)15-8-3-6-14(12-15)7-4-10-18/h3,6,8,12-13,16H,5,9-11,18H2,1-2H3. The lowest BCUT2D eigenvalue weighted by Gasteiger charge is -2.27. The van der Waals surface area contributed by atoms with Gasteiger partial charge < -0.3 is 10.6 Å². The van der Waals surface area contributed by atoms with Crippen molar-refractivity contribution < 1.29 is 4.79 Å². The number of carbonyl (C=O) groups excluding carboxylic acids is 1. The van der Waals surface area contributed by atoms with Crippen LogP contribution in [0.5, 0.6) is 0 Å². The second-order valence-corrected chi connectivity index (χ2v) is 5.54. The molecule has 0 aliphatic carbocycles. The zero-order valence-electron chi connectivity index (χ0n) is 12.2. The number of rotatable bonds is 2. The van der Waals surface area contributed by atoms with Gasteiger partial charge in [0.25, 0.3) is 5.91 Å². The summed E-state index contributed by atoms with van der Waals surface area (Å²) in [5.41, 5.74) is 6.95. The Labute approximate surface area is 121 Å². The quantitative estimate of drug-likeness (QED) is 0.838. The van der Waals surface area contributed by atoms with Crippen LogP contribution in [-0.2, 0) is 0 Å². The monoisotopic (exact) mass is 270 g/mol. The van der Waals surface area contributed by atoms with Crippen molar-refractivity contribution in [2.24, 2.45) is 11.7 Å². The highest BCUT2D eigenvalue weighted by atomic mass is 16.2. The minimum Gasteiger partial charge on any atom is -0.335 e. The summed E-state index contributed by atoms with van der Waals surface area (Å²) in [6.07, 6.45) is 2.21. The van der Waals surface area contributed by atoms with Gasteiger partial charge in [-0.2, -0.15) is 0 Å². The Kier molecular flexibility index (Phi) is 4.81. The van der Waals surface area contributed by atoms with E-state index in [9.17, 15) is 4.79 Å². The molecule has 1 aromatic carbocycles.